The van der Waals surface area contributed by atoms with Crippen LogP contribution in [0, 0.1) is 10.1 Å². The first-order valence-corrected chi connectivity index (χ1v) is 3.81. The monoisotopic (exact) mass is 158 g/mol. The molecule has 0 spiro atoms. The predicted molar refractivity (Wildman–Crippen MR) is 43.7 cm³/mol. The third-order valence-electron chi connectivity index (χ3n) is 1.24. The molecule has 0 saturated carbocycles. The Labute approximate surface area is 66.4 Å². The fraction of sp³-hybridized carbons (Fsp3) is 0.714. The van der Waals surface area contributed by atoms with Gasteiger partial charge in [0.15, 0.2) is 0 Å². The summed E-state index contributed by atoms with van der Waals surface area (Å²) in [6, 6.07) is 0. The molecule has 0 saturated heterocycles. The van der Waals surface area contributed by atoms with E-state index in [1.54, 1.807) is 0 Å². The van der Waals surface area contributed by atoms with Crippen molar-refractivity contribution < 1.29 is 4.92 Å². The fourth-order valence-corrected chi connectivity index (χ4v) is 0.674. The van der Waals surface area contributed by atoms with Crippen LogP contribution in [0.25, 0.3) is 0 Å². The molecule has 4 nitrogen and oxygen atoms in total. The van der Waals surface area contributed by atoms with Crippen LogP contribution in [0.5, 0.6) is 0 Å². The van der Waals surface area contributed by atoms with Gasteiger partial charge in [-0.05, 0) is 6.42 Å². The Hall–Kier alpha value is -1.06. The van der Waals surface area contributed by atoms with Gasteiger partial charge in [-0.15, -0.1) is 0 Å². The number of nitrogens with one attached hydrogen (secondary N) is 1. The highest BCUT2D eigenvalue weighted by Gasteiger charge is 1.84. The summed E-state index contributed by atoms with van der Waals surface area (Å²) in [7, 11) is 0. The van der Waals surface area contributed by atoms with Crippen molar-refractivity contribution in [1.29, 1.82) is 0 Å². The highest BCUT2D eigenvalue weighted by molar-refractivity contribution is 4.68. The van der Waals surface area contributed by atoms with Crippen molar-refractivity contribution in [2.24, 2.45) is 0 Å². The Morgan fingerprint density at radius 3 is 2.82 bits per heavy atom. The number of hydrogen-bond acceptors (Lipinski definition) is 3. The summed E-state index contributed by atoms with van der Waals surface area (Å²) in [4.78, 5) is 9.29. The van der Waals surface area contributed by atoms with Crippen molar-refractivity contribution in [2.45, 2.75) is 26.2 Å². The fourth-order valence-electron chi connectivity index (χ4n) is 0.674. The molecular formula is C7H14N2O2. The van der Waals surface area contributed by atoms with Crippen molar-refractivity contribution in [3.8, 4) is 0 Å². The van der Waals surface area contributed by atoms with Crippen molar-refractivity contribution >= 4 is 0 Å². The molecule has 0 rings (SSSR count). The lowest BCUT2D eigenvalue weighted by molar-refractivity contribution is -0.402. The summed E-state index contributed by atoms with van der Waals surface area (Å²) in [6.07, 6.45) is 5.68. The molecule has 0 bridgehead atoms. The van der Waals surface area contributed by atoms with E-state index in [-0.39, 0.29) is 0 Å². The summed E-state index contributed by atoms with van der Waals surface area (Å²) in [5, 5.41) is 12.6. The van der Waals surface area contributed by atoms with E-state index < -0.39 is 4.92 Å². The number of nitro groups is 1. The van der Waals surface area contributed by atoms with E-state index in [1.807, 2.05) is 0 Å². The number of hydrogen-bond donors (Lipinski definition) is 1. The van der Waals surface area contributed by atoms with Crippen LogP contribution in [-0.2, 0) is 0 Å². The summed E-state index contributed by atoms with van der Waals surface area (Å²) >= 11 is 0. The third kappa shape index (κ3) is 8.94. The Balaban J connectivity index is 3.07. The van der Waals surface area contributed by atoms with Gasteiger partial charge in [0.25, 0.3) is 0 Å². The Morgan fingerprint density at radius 2 is 2.27 bits per heavy atom. The Morgan fingerprint density at radius 1 is 1.55 bits per heavy atom. The highest BCUT2D eigenvalue weighted by atomic mass is 16.6. The van der Waals surface area contributed by atoms with Gasteiger partial charge in [-0.2, -0.15) is 0 Å². The lowest BCUT2D eigenvalue weighted by Gasteiger charge is -1.96. The predicted octanol–water partition coefficient (Wildman–Crippen LogP) is 1.51. The molecule has 0 fully saturated rings. The smallest absolute Gasteiger partial charge is 0.249 e. The van der Waals surface area contributed by atoms with Crippen LogP contribution in [-0.4, -0.2) is 11.5 Å². The van der Waals surface area contributed by atoms with E-state index in [9.17, 15) is 10.1 Å². The van der Waals surface area contributed by atoms with Gasteiger partial charge < -0.3 is 5.32 Å². The van der Waals surface area contributed by atoms with E-state index in [2.05, 4.69) is 12.2 Å². The molecule has 0 aromatic carbocycles. The molecule has 0 heterocycles. The van der Waals surface area contributed by atoms with Crippen LogP contribution in [0.2, 0.25) is 0 Å². The maximum atomic E-state index is 9.77. The highest BCUT2D eigenvalue weighted by Crippen LogP contribution is 1.90. The van der Waals surface area contributed by atoms with Crippen molar-refractivity contribution in [2.75, 3.05) is 6.54 Å². The molecular weight excluding hydrogens is 144 g/mol. The minimum Gasteiger partial charge on any atom is -0.386 e. The van der Waals surface area contributed by atoms with Gasteiger partial charge in [0.05, 0.1) is 11.1 Å². The van der Waals surface area contributed by atoms with E-state index in [4.69, 9.17) is 0 Å². The van der Waals surface area contributed by atoms with Crippen LogP contribution in [0.3, 0.4) is 0 Å². The number of rotatable bonds is 6. The van der Waals surface area contributed by atoms with Gasteiger partial charge in [-0.1, -0.05) is 19.8 Å². The molecule has 64 valence electrons. The number of nitrogens with zero attached hydrogens (tertiary/aromatic N) is 1. The lowest BCUT2D eigenvalue weighted by Crippen LogP contribution is -2.07. The van der Waals surface area contributed by atoms with Gasteiger partial charge in [0.2, 0.25) is 6.20 Å². The summed E-state index contributed by atoms with van der Waals surface area (Å²) in [5.74, 6) is 0. The first-order valence-electron chi connectivity index (χ1n) is 3.81. The molecule has 4 heteroatoms. The molecule has 11 heavy (non-hydrogen) atoms. The quantitative estimate of drug-likeness (QED) is 0.362. The second-order valence-electron chi connectivity index (χ2n) is 2.26. The lowest BCUT2D eigenvalue weighted by atomic mass is 10.2. The van der Waals surface area contributed by atoms with Gasteiger partial charge in [-0.25, -0.2) is 0 Å². The van der Waals surface area contributed by atoms with E-state index in [0.29, 0.717) is 0 Å². The molecule has 0 radical (unpaired) electrons. The van der Waals surface area contributed by atoms with Gasteiger partial charge in [0, 0.05) is 6.54 Å². The normalized spacial score (nSPS) is 10.3. The van der Waals surface area contributed by atoms with Crippen molar-refractivity contribution in [1.82, 2.24) is 5.32 Å². The van der Waals surface area contributed by atoms with Crippen LogP contribution in [0.4, 0.5) is 0 Å². The first kappa shape index (κ1) is 9.94. The largest absolute Gasteiger partial charge is 0.386 e. The average Bonchev–Trinajstić information content (AvgIpc) is 1.96. The maximum absolute atomic E-state index is 9.77. The summed E-state index contributed by atoms with van der Waals surface area (Å²) < 4.78 is 0. The maximum Gasteiger partial charge on any atom is 0.249 e. The van der Waals surface area contributed by atoms with Crippen molar-refractivity contribution in [3.63, 3.8) is 0 Å². The molecule has 0 aromatic heterocycles. The average molecular weight is 158 g/mol. The van der Waals surface area contributed by atoms with Crippen molar-refractivity contribution in [3.05, 3.63) is 22.5 Å². The van der Waals surface area contributed by atoms with E-state index >= 15 is 0 Å². The molecule has 0 unspecified atom stereocenters. The zero-order chi connectivity index (χ0) is 8.53. The van der Waals surface area contributed by atoms with E-state index in [1.165, 1.54) is 19.0 Å². The van der Waals surface area contributed by atoms with Crippen LogP contribution in [0.15, 0.2) is 12.4 Å². The van der Waals surface area contributed by atoms with E-state index in [0.717, 1.165) is 19.2 Å². The third-order valence-corrected chi connectivity index (χ3v) is 1.24. The molecule has 0 amide bonds. The van der Waals surface area contributed by atoms with Crippen LogP contribution in [0.1, 0.15) is 26.2 Å². The minimum atomic E-state index is -0.479. The second kappa shape index (κ2) is 7.05. The molecule has 0 aliphatic rings. The zero-order valence-corrected chi connectivity index (χ0v) is 6.75. The molecule has 0 atom stereocenters. The SMILES string of the molecule is CCCCCN/C=C/[N+](=O)[O-]. The molecule has 0 aromatic rings. The standard InChI is InChI=1S/C7H14N2O2/c1-2-3-4-5-8-6-7-9(10)11/h6-8H,2-5H2,1H3/b7-6+. The minimum absolute atomic E-state index is 0.479. The Bertz CT molecular complexity index is 134. The van der Waals surface area contributed by atoms with Gasteiger partial charge >= 0.3 is 0 Å². The molecule has 0 aliphatic carbocycles. The molecule has 1 N–H and O–H groups in total. The van der Waals surface area contributed by atoms with Crippen LogP contribution < -0.4 is 5.32 Å². The summed E-state index contributed by atoms with van der Waals surface area (Å²) in [6.45, 7) is 2.94. The Kier molecular flexibility index (Phi) is 6.37. The topological polar surface area (TPSA) is 55.2 Å². The molecule has 0 aliphatic heterocycles. The first-order chi connectivity index (χ1) is 5.27. The van der Waals surface area contributed by atoms with Gasteiger partial charge in [-0.3, -0.25) is 10.1 Å². The van der Waals surface area contributed by atoms with Gasteiger partial charge in [0.1, 0.15) is 0 Å². The van der Waals surface area contributed by atoms with Crippen LogP contribution >= 0.6 is 0 Å². The number of unbranched alkanes of at least 4 members (excludes halogenated alkanes) is 2. The zero-order valence-electron chi connectivity index (χ0n) is 6.75. The second-order valence-corrected chi connectivity index (χ2v) is 2.26. The summed E-state index contributed by atoms with van der Waals surface area (Å²) in [5.41, 5.74) is 0.